The number of aliphatic hydroxyl groups excluding tert-OH is 1. The minimum atomic E-state index is -0.495. The molecule has 1 amide bonds. The maximum Gasteiger partial charge on any atom is 0.220 e. The van der Waals surface area contributed by atoms with E-state index >= 15 is 0 Å². The quantitative estimate of drug-likeness (QED) is 0.722. The Bertz CT molecular complexity index is 457. The van der Waals surface area contributed by atoms with Crippen LogP contribution in [-0.2, 0) is 11.2 Å². The largest absolute Gasteiger partial charge is 0.390 e. The van der Waals surface area contributed by atoms with Crippen molar-refractivity contribution >= 4 is 5.91 Å². The van der Waals surface area contributed by atoms with Crippen LogP contribution in [0.1, 0.15) is 23.6 Å². The third-order valence-electron chi connectivity index (χ3n) is 3.86. The zero-order valence-corrected chi connectivity index (χ0v) is 10.2. The van der Waals surface area contributed by atoms with Crippen molar-refractivity contribution in [3.05, 3.63) is 35.4 Å². The zero-order valence-electron chi connectivity index (χ0n) is 10.2. The summed E-state index contributed by atoms with van der Waals surface area (Å²) in [5.41, 5.74) is 2.20. The van der Waals surface area contributed by atoms with Gasteiger partial charge in [-0.15, -0.1) is 0 Å². The first-order chi connectivity index (χ1) is 8.74. The van der Waals surface area contributed by atoms with Crippen molar-refractivity contribution in [1.29, 1.82) is 0 Å². The molecule has 2 aliphatic rings. The van der Waals surface area contributed by atoms with Gasteiger partial charge in [-0.3, -0.25) is 4.79 Å². The summed E-state index contributed by atoms with van der Waals surface area (Å²) >= 11 is 0. The van der Waals surface area contributed by atoms with E-state index in [1.54, 1.807) is 0 Å². The van der Waals surface area contributed by atoms with Crippen LogP contribution in [0.25, 0.3) is 0 Å². The summed E-state index contributed by atoms with van der Waals surface area (Å²) in [6.45, 7) is 1.86. The molecule has 1 aliphatic carbocycles. The molecule has 4 nitrogen and oxygen atoms in total. The molecule has 4 heteroatoms. The average Bonchev–Trinajstić information content (AvgIpc) is 2.61. The minimum Gasteiger partial charge on any atom is -0.390 e. The van der Waals surface area contributed by atoms with E-state index < -0.39 is 6.10 Å². The van der Waals surface area contributed by atoms with Gasteiger partial charge in [-0.25, -0.2) is 0 Å². The van der Waals surface area contributed by atoms with Gasteiger partial charge in [0, 0.05) is 12.8 Å². The molecule has 0 aromatic heterocycles. The number of benzene rings is 1. The Hall–Kier alpha value is -1.39. The highest BCUT2D eigenvalue weighted by Crippen LogP contribution is 2.31. The Balaban J connectivity index is 1.66. The van der Waals surface area contributed by atoms with E-state index in [1.165, 1.54) is 0 Å². The van der Waals surface area contributed by atoms with E-state index in [4.69, 9.17) is 0 Å². The SMILES string of the molecule is O=C(CC1CNC1)N[C@@H]1c2ccccc2C[C@@H]1O. The molecular formula is C14H18N2O2. The topological polar surface area (TPSA) is 61.4 Å². The van der Waals surface area contributed by atoms with Crippen molar-refractivity contribution < 1.29 is 9.90 Å². The summed E-state index contributed by atoms with van der Waals surface area (Å²) in [4.78, 5) is 11.9. The normalized spacial score (nSPS) is 26.5. The van der Waals surface area contributed by atoms with Gasteiger partial charge in [0.15, 0.2) is 0 Å². The summed E-state index contributed by atoms with van der Waals surface area (Å²) in [6, 6.07) is 7.69. The lowest BCUT2D eigenvalue weighted by Gasteiger charge is -2.27. The molecule has 3 N–H and O–H groups in total. The first-order valence-corrected chi connectivity index (χ1v) is 6.50. The van der Waals surface area contributed by atoms with Crippen LogP contribution >= 0.6 is 0 Å². The van der Waals surface area contributed by atoms with Gasteiger partial charge in [0.05, 0.1) is 12.1 Å². The fourth-order valence-electron chi connectivity index (χ4n) is 2.74. The van der Waals surface area contributed by atoms with E-state index in [1.807, 2.05) is 24.3 Å². The van der Waals surface area contributed by atoms with Gasteiger partial charge < -0.3 is 15.7 Å². The average molecular weight is 246 g/mol. The third-order valence-corrected chi connectivity index (χ3v) is 3.86. The lowest BCUT2D eigenvalue weighted by atomic mass is 9.98. The van der Waals surface area contributed by atoms with Crippen LogP contribution in [0.5, 0.6) is 0 Å². The predicted octanol–water partition coefficient (Wildman–Crippen LogP) is 0.370. The van der Waals surface area contributed by atoms with Gasteiger partial charge in [0.25, 0.3) is 0 Å². The van der Waals surface area contributed by atoms with E-state index in [9.17, 15) is 9.90 Å². The summed E-state index contributed by atoms with van der Waals surface area (Å²) in [6.07, 6.45) is 0.690. The van der Waals surface area contributed by atoms with Gasteiger partial charge >= 0.3 is 0 Å². The van der Waals surface area contributed by atoms with E-state index in [-0.39, 0.29) is 11.9 Å². The summed E-state index contributed by atoms with van der Waals surface area (Å²) in [7, 11) is 0. The van der Waals surface area contributed by atoms with Crippen molar-refractivity contribution in [3.8, 4) is 0 Å². The Morgan fingerprint density at radius 2 is 2.17 bits per heavy atom. The monoisotopic (exact) mass is 246 g/mol. The molecule has 0 bridgehead atoms. The van der Waals surface area contributed by atoms with Crippen LogP contribution in [0, 0.1) is 5.92 Å². The van der Waals surface area contributed by atoms with Crippen LogP contribution < -0.4 is 10.6 Å². The fraction of sp³-hybridized carbons (Fsp3) is 0.500. The highest BCUT2D eigenvalue weighted by atomic mass is 16.3. The molecule has 2 atom stereocenters. The van der Waals surface area contributed by atoms with Gasteiger partial charge in [-0.2, -0.15) is 0 Å². The van der Waals surface area contributed by atoms with Crippen molar-refractivity contribution in [2.24, 2.45) is 5.92 Å². The number of rotatable bonds is 3. The molecule has 1 aliphatic heterocycles. The third kappa shape index (κ3) is 2.13. The van der Waals surface area contributed by atoms with Crippen LogP contribution in [0.2, 0.25) is 0 Å². The summed E-state index contributed by atoms with van der Waals surface area (Å²) in [5.74, 6) is 0.501. The molecule has 0 spiro atoms. The smallest absolute Gasteiger partial charge is 0.220 e. The highest BCUT2D eigenvalue weighted by Gasteiger charge is 2.32. The second kappa shape index (κ2) is 4.71. The summed E-state index contributed by atoms with van der Waals surface area (Å²) in [5, 5.41) is 16.2. The molecule has 1 fully saturated rings. The Morgan fingerprint density at radius 1 is 1.39 bits per heavy atom. The van der Waals surface area contributed by atoms with Crippen LogP contribution in [0.4, 0.5) is 0 Å². The van der Waals surface area contributed by atoms with Crippen LogP contribution in [0.15, 0.2) is 24.3 Å². The number of carbonyl (C=O) groups is 1. The molecule has 0 radical (unpaired) electrons. The standard InChI is InChI=1S/C14H18N2O2/c17-12-6-10-3-1-2-4-11(10)14(12)16-13(18)5-9-7-15-8-9/h1-4,9,12,14-15,17H,5-8H2,(H,16,18)/t12-,14+/m0/s1. The number of carbonyl (C=O) groups excluding carboxylic acids is 1. The Labute approximate surface area is 106 Å². The van der Waals surface area contributed by atoms with Crippen LogP contribution in [-0.4, -0.2) is 30.2 Å². The van der Waals surface area contributed by atoms with Crippen molar-refractivity contribution in [1.82, 2.24) is 10.6 Å². The van der Waals surface area contributed by atoms with Crippen LogP contribution in [0.3, 0.4) is 0 Å². The zero-order chi connectivity index (χ0) is 12.5. The maximum atomic E-state index is 11.9. The maximum absolute atomic E-state index is 11.9. The molecule has 18 heavy (non-hydrogen) atoms. The van der Waals surface area contributed by atoms with E-state index in [0.29, 0.717) is 18.8 Å². The second-order valence-corrected chi connectivity index (χ2v) is 5.24. The molecule has 3 rings (SSSR count). The first kappa shape index (κ1) is 11.7. The Morgan fingerprint density at radius 3 is 2.89 bits per heavy atom. The molecule has 1 aromatic rings. The molecule has 96 valence electrons. The van der Waals surface area contributed by atoms with E-state index in [2.05, 4.69) is 10.6 Å². The van der Waals surface area contributed by atoms with E-state index in [0.717, 1.165) is 24.2 Å². The number of hydrogen-bond donors (Lipinski definition) is 3. The second-order valence-electron chi connectivity index (χ2n) is 5.24. The number of amides is 1. The van der Waals surface area contributed by atoms with Crippen molar-refractivity contribution in [2.45, 2.75) is 25.0 Å². The van der Waals surface area contributed by atoms with Gasteiger partial charge in [-0.1, -0.05) is 24.3 Å². The van der Waals surface area contributed by atoms with Gasteiger partial charge in [-0.05, 0) is 30.1 Å². The number of nitrogens with one attached hydrogen (secondary N) is 2. The van der Waals surface area contributed by atoms with Gasteiger partial charge in [0.1, 0.15) is 0 Å². The molecule has 0 unspecified atom stereocenters. The molecule has 1 aromatic carbocycles. The van der Waals surface area contributed by atoms with Crippen molar-refractivity contribution in [2.75, 3.05) is 13.1 Å². The lowest BCUT2D eigenvalue weighted by molar-refractivity contribution is -0.123. The number of hydrogen-bond acceptors (Lipinski definition) is 3. The molecule has 1 saturated heterocycles. The minimum absolute atomic E-state index is 0.0438. The molecule has 0 saturated carbocycles. The molecule has 1 heterocycles. The Kier molecular flexibility index (Phi) is 3.06. The van der Waals surface area contributed by atoms with Gasteiger partial charge in [0.2, 0.25) is 5.91 Å². The highest BCUT2D eigenvalue weighted by molar-refractivity contribution is 5.77. The number of aliphatic hydroxyl groups is 1. The molecular weight excluding hydrogens is 228 g/mol. The van der Waals surface area contributed by atoms with Crippen molar-refractivity contribution in [3.63, 3.8) is 0 Å². The number of fused-ring (bicyclic) bond motifs is 1. The summed E-state index contributed by atoms with van der Waals surface area (Å²) < 4.78 is 0. The first-order valence-electron chi connectivity index (χ1n) is 6.50. The lowest BCUT2D eigenvalue weighted by Crippen LogP contribution is -2.45. The predicted molar refractivity (Wildman–Crippen MR) is 68.0 cm³/mol. The fourth-order valence-corrected chi connectivity index (χ4v) is 2.74.